The van der Waals surface area contributed by atoms with Crippen molar-refractivity contribution in [3.8, 4) is 6.07 Å². The second-order valence-corrected chi connectivity index (χ2v) is 7.08. The third-order valence-electron chi connectivity index (χ3n) is 5.38. The van der Waals surface area contributed by atoms with E-state index in [1.807, 2.05) is 42.5 Å². The van der Waals surface area contributed by atoms with E-state index in [-0.39, 0.29) is 6.04 Å². The number of benzene rings is 1. The zero-order valence-corrected chi connectivity index (χ0v) is 15.6. The van der Waals surface area contributed by atoms with Gasteiger partial charge in [0.2, 0.25) is 0 Å². The molecule has 0 aliphatic carbocycles. The predicted molar refractivity (Wildman–Crippen MR) is 109 cm³/mol. The van der Waals surface area contributed by atoms with Crippen molar-refractivity contribution < 1.29 is 4.79 Å². The summed E-state index contributed by atoms with van der Waals surface area (Å²) in [7, 11) is 0. The van der Waals surface area contributed by atoms with Gasteiger partial charge in [-0.2, -0.15) is 5.26 Å². The van der Waals surface area contributed by atoms with Crippen LogP contribution in [-0.4, -0.2) is 41.3 Å². The van der Waals surface area contributed by atoms with Gasteiger partial charge in [0.1, 0.15) is 12.3 Å². The summed E-state index contributed by atoms with van der Waals surface area (Å²) in [5.74, 6) is 0. The largest absolute Gasteiger partial charge is 0.359 e. The molecule has 5 nitrogen and oxygen atoms in total. The van der Waals surface area contributed by atoms with E-state index in [4.69, 9.17) is 0 Å². The summed E-state index contributed by atoms with van der Waals surface area (Å²) in [6, 6.07) is 15.3. The van der Waals surface area contributed by atoms with Crippen LogP contribution in [0.25, 0.3) is 11.1 Å². The van der Waals surface area contributed by atoms with Crippen LogP contribution in [0, 0.1) is 11.3 Å². The highest BCUT2D eigenvalue weighted by Crippen LogP contribution is 2.35. The Morgan fingerprint density at radius 1 is 1.21 bits per heavy atom. The molecular formula is C23H22N4O. The third-order valence-corrected chi connectivity index (χ3v) is 5.38. The summed E-state index contributed by atoms with van der Waals surface area (Å²) >= 11 is 0. The molecule has 5 heteroatoms. The average Bonchev–Trinajstić information content (AvgIpc) is 2.79. The Labute approximate surface area is 165 Å². The molecule has 2 aliphatic heterocycles. The van der Waals surface area contributed by atoms with Crippen LogP contribution in [0.4, 0.5) is 0 Å². The van der Waals surface area contributed by atoms with Crippen molar-refractivity contribution in [3.05, 3.63) is 77.8 Å². The van der Waals surface area contributed by atoms with Gasteiger partial charge in [0.25, 0.3) is 0 Å². The summed E-state index contributed by atoms with van der Waals surface area (Å²) in [5, 5.41) is 13.0. The molecule has 2 atom stereocenters. The molecule has 140 valence electrons. The highest BCUT2D eigenvalue weighted by molar-refractivity contribution is 5.94. The first-order valence-corrected chi connectivity index (χ1v) is 9.59. The number of aldehydes is 1. The Morgan fingerprint density at radius 2 is 2.07 bits per heavy atom. The highest BCUT2D eigenvalue weighted by atomic mass is 16.1. The van der Waals surface area contributed by atoms with Crippen LogP contribution in [0.5, 0.6) is 0 Å². The lowest BCUT2D eigenvalue weighted by molar-refractivity contribution is -0.110. The number of nitriles is 1. The van der Waals surface area contributed by atoms with Crippen molar-refractivity contribution in [3.63, 3.8) is 0 Å². The van der Waals surface area contributed by atoms with Crippen LogP contribution in [0.3, 0.4) is 0 Å². The summed E-state index contributed by atoms with van der Waals surface area (Å²) in [4.78, 5) is 18.8. The van der Waals surface area contributed by atoms with E-state index in [2.05, 4.69) is 27.5 Å². The van der Waals surface area contributed by atoms with E-state index >= 15 is 0 Å². The van der Waals surface area contributed by atoms with Crippen molar-refractivity contribution in [2.75, 3.05) is 13.1 Å². The Kier molecular flexibility index (Phi) is 5.31. The second-order valence-electron chi connectivity index (χ2n) is 7.08. The van der Waals surface area contributed by atoms with Crippen LogP contribution in [0.1, 0.15) is 29.7 Å². The fourth-order valence-corrected chi connectivity index (χ4v) is 4.00. The monoisotopic (exact) mass is 370 g/mol. The molecule has 3 heterocycles. The molecule has 0 amide bonds. The molecule has 1 fully saturated rings. The molecule has 1 N–H and O–H groups in total. The Balaban J connectivity index is 1.85. The van der Waals surface area contributed by atoms with Gasteiger partial charge in [-0.05, 0) is 54.8 Å². The van der Waals surface area contributed by atoms with Crippen molar-refractivity contribution >= 4 is 17.4 Å². The van der Waals surface area contributed by atoms with Crippen LogP contribution >= 0.6 is 0 Å². The fourth-order valence-electron chi connectivity index (χ4n) is 4.00. The molecule has 2 aliphatic rings. The Morgan fingerprint density at radius 3 is 2.79 bits per heavy atom. The molecule has 0 bridgehead atoms. The van der Waals surface area contributed by atoms with Crippen molar-refractivity contribution in [1.82, 2.24) is 15.2 Å². The number of hydrogen-bond acceptors (Lipinski definition) is 5. The van der Waals surface area contributed by atoms with Gasteiger partial charge in [-0.3, -0.25) is 4.98 Å². The highest BCUT2D eigenvalue weighted by Gasteiger charge is 2.32. The third kappa shape index (κ3) is 3.47. The van der Waals surface area contributed by atoms with Crippen LogP contribution in [-0.2, 0) is 4.79 Å². The number of carbonyl (C=O) groups excluding carboxylic acids is 1. The molecule has 1 aromatic carbocycles. The fraction of sp³-hybridized carbons (Fsp3) is 0.261. The molecule has 0 spiro atoms. The van der Waals surface area contributed by atoms with E-state index < -0.39 is 6.04 Å². The lowest BCUT2D eigenvalue weighted by Gasteiger charge is -2.41. The van der Waals surface area contributed by atoms with Crippen molar-refractivity contribution in [2.24, 2.45) is 0 Å². The van der Waals surface area contributed by atoms with Gasteiger partial charge in [-0.25, -0.2) is 0 Å². The van der Waals surface area contributed by atoms with E-state index in [0.717, 1.165) is 54.6 Å². The molecule has 1 saturated heterocycles. The molecule has 4 rings (SSSR count). The van der Waals surface area contributed by atoms with Gasteiger partial charge < -0.3 is 15.0 Å². The number of rotatable bonds is 4. The first kappa shape index (κ1) is 18.1. The molecule has 28 heavy (non-hydrogen) atoms. The molecule has 2 aromatic rings. The van der Waals surface area contributed by atoms with Crippen LogP contribution in [0.2, 0.25) is 0 Å². The molecular weight excluding hydrogens is 348 g/mol. The maximum absolute atomic E-state index is 12.2. The topological polar surface area (TPSA) is 69.0 Å². The lowest BCUT2D eigenvalue weighted by Crippen LogP contribution is -2.49. The molecule has 2 unspecified atom stereocenters. The first-order valence-electron chi connectivity index (χ1n) is 9.59. The molecule has 0 saturated carbocycles. The number of aromatic nitrogens is 1. The predicted octanol–water partition coefficient (Wildman–Crippen LogP) is 3.01. The number of allylic oxidation sites excluding steroid dienone is 2. The maximum Gasteiger partial charge on any atom is 0.147 e. The number of carbonyl (C=O) groups is 1. The average molecular weight is 370 g/mol. The summed E-state index contributed by atoms with van der Waals surface area (Å²) in [6.45, 7) is 1.84. The van der Waals surface area contributed by atoms with E-state index in [1.54, 1.807) is 12.3 Å². The van der Waals surface area contributed by atoms with Crippen LogP contribution < -0.4 is 5.32 Å². The van der Waals surface area contributed by atoms with E-state index in [0.29, 0.717) is 5.56 Å². The Bertz CT molecular complexity index is 952. The number of nitrogens with zero attached hydrogens (tertiary/aromatic N) is 3. The SMILES string of the molecule is N#Cc1ccccc1C1=CC(c2ccccn2)=CN(C2CCCNC2)C1C=O. The zero-order chi connectivity index (χ0) is 19.3. The minimum Gasteiger partial charge on any atom is -0.359 e. The van der Waals surface area contributed by atoms with E-state index in [9.17, 15) is 10.1 Å². The zero-order valence-electron chi connectivity index (χ0n) is 15.6. The normalized spacial score (nSPS) is 22.0. The number of pyridine rings is 1. The Hall–Kier alpha value is -3.23. The van der Waals surface area contributed by atoms with E-state index in [1.165, 1.54) is 0 Å². The van der Waals surface area contributed by atoms with Gasteiger partial charge in [0, 0.05) is 30.6 Å². The molecule has 0 radical (unpaired) electrons. The van der Waals surface area contributed by atoms with Gasteiger partial charge in [0.15, 0.2) is 0 Å². The van der Waals surface area contributed by atoms with Gasteiger partial charge in [-0.15, -0.1) is 0 Å². The molecule has 1 aromatic heterocycles. The summed E-state index contributed by atoms with van der Waals surface area (Å²) in [5.41, 5.74) is 4.03. The van der Waals surface area contributed by atoms with Crippen molar-refractivity contribution in [2.45, 2.75) is 24.9 Å². The smallest absolute Gasteiger partial charge is 0.147 e. The summed E-state index contributed by atoms with van der Waals surface area (Å²) in [6.07, 6.45) is 8.91. The van der Waals surface area contributed by atoms with Gasteiger partial charge >= 0.3 is 0 Å². The standard InChI is InChI=1S/C23H22N4O/c24-13-17-6-1-2-8-20(17)21-12-18(22-9-3-4-11-26-22)15-27(23(21)16-28)19-7-5-10-25-14-19/h1-4,6,8-9,11-12,15-16,19,23,25H,5,7,10,14H2. The second kappa shape index (κ2) is 8.20. The lowest BCUT2D eigenvalue weighted by atomic mass is 9.88. The van der Waals surface area contributed by atoms with Crippen LogP contribution in [0.15, 0.2) is 60.9 Å². The quantitative estimate of drug-likeness (QED) is 0.838. The minimum atomic E-state index is -0.424. The minimum absolute atomic E-state index is 0.223. The van der Waals surface area contributed by atoms with Gasteiger partial charge in [0.05, 0.1) is 17.3 Å². The van der Waals surface area contributed by atoms with Crippen molar-refractivity contribution in [1.29, 1.82) is 5.26 Å². The van der Waals surface area contributed by atoms with Gasteiger partial charge in [-0.1, -0.05) is 24.3 Å². The number of hydrogen-bond donors (Lipinski definition) is 1. The summed E-state index contributed by atoms with van der Waals surface area (Å²) < 4.78 is 0. The maximum atomic E-state index is 12.2. The first-order chi connectivity index (χ1) is 13.8. The number of nitrogens with one attached hydrogen (secondary N) is 1. The number of piperidine rings is 1.